The topological polar surface area (TPSA) is 99.8 Å². The molecule has 24 heavy (non-hydrogen) atoms. The van der Waals surface area contributed by atoms with E-state index in [0.29, 0.717) is 16.1 Å². The lowest BCUT2D eigenvalue weighted by Crippen LogP contribution is -2.61. The van der Waals surface area contributed by atoms with Crippen molar-refractivity contribution in [2.45, 2.75) is 49.7 Å². The van der Waals surface area contributed by atoms with Gasteiger partial charge < -0.3 is 20.1 Å². The Kier molecular flexibility index (Phi) is 3.64. The van der Waals surface area contributed by atoms with Crippen LogP contribution < -0.4 is 5.32 Å². The highest BCUT2D eigenvalue weighted by Gasteiger charge is 2.64. The van der Waals surface area contributed by atoms with E-state index in [0.717, 1.165) is 12.8 Å². The number of rotatable bonds is 3. The quantitative estimate of drug-likeness (QED) is 0.602. The third-order valence-electron chi connectivity index (χ3n) is 4.69. The van der Waals surface area contributed by atoms with Crippen LogP contribution in [0.1, 0.15) is 19.8 Å². The second kappa shape index (κ2) is 5.28. The highest BCUT2D eigenvalue weighted by molar-refractivity contribution is 6.42. The Labute approximate surface area is 147 Å². The molecule has 0 spiro atoms. The van der Waals surface area contributed by atoms with Crippen LogP contribution in [0.15, 0.2) is 18.5 Å². The van der Waals surface area contributed by atoms with Crippen molar-refractivity contribution in [1.29, 1.82) is 0 Å². The molecule has 4 N–H and O–H groups in total. The minimum Gasteiger partial charge on any atom is -0.381 e. The van der Waals surface area contributed by atoms with Crippen LogP contribution in [0.5, 0.6) is 0 Å². The molecule has 1 saturated carbocycles. The first-order valence-electron chi connectivity index (χ1n) is 7.66. The van der Waals surface area contributed by atoms with Crippen molar-refractivity contribution in [3.05, 3.63) is 28.5 Å². The van der Waals surface area contributed by atoms with Crippen LogP contribution in [0.25, 0.3) is 11.0 Å². The van der Waals surface area contributed by atoms with Crippen LogP contribution in [0.4, 0.5) is 0 Å². The third kappa shape index (κ3) is 2.28. The molecule has 7 nitrogen and oxygen atoms in total. The number of hydrogen-bond acceptors (Lipinski definition) is 6. The molecular formula is C15H17Cl2N3O4. The summed E-state index contributed by atoms with van der Waals surface area (Å²) in [7, 11) is 0. The van der Waals surface area contributed by atoms with Gasteiger partial charge >= 0.3 is 0 Å². The highest BCUT2D eigenvalue weighted by atomic mass is 35.5. The number of aromatic nitrogens is 2. The fourth-order valence-corrected chi connectivity index (χ4v) is 3.44. The molecule has 2 fully saturated rings. The summed E-state index contributed by atoms with van der Waals surface area (Å²) < 4.78 is 6.82. The van der Waals surface area contributed by atoms with E-state index in [1.165, 1.54) is 17.0 Å². The van der Waals surface area contributed by atoms with Gasteiger partial charge in [-0.25, -0.2) is 4.98 Å². The second-order valence-corrected chi connectivity index (χ2v) is 7.25. The molecule has 9 heteroatoms. The lowest BCUT2D eigenvalue weighted by molar-refractivity contribution is -0.284. The van der Waals surface area contributed by atoms with E-state index in [2.05, 4.69) is 10.3 Å². The smallest absolute Gasteiger partial charge is 0.286 e. The van der Waals surface area contributed by atoms with Gasteiger partial charge in [-0.05, 0) is 31.9 Å². The average Bonchev–Trinajstić information content (AvgIpc) is 3.21. The van der Waals surface area contributed by atoms with Gasteiger partial charge in [0, 0.05) is 6.04 Å². The molecule has 1 aliphatic heterocycles. The van der Waals surface area contributed by atoms with Crippen molar-refractivity contribution in [2.75, 3.05) is 0 Å². The third-order valence-corrected chi connectivity index (χ3v) is 5.41. The maximum Gasteiger partial charge on any atom is 0.286 e. The number of ether oxygens (including phenoxy) is 1. The Hall–Kier alpha value is -0.930. The molecule has 0 unspecified atom stereocenters. The predicted molar refractivity (Wildman–Crippen MR) is 87.6 cm³/mol. The zero-order valence-corrected chi connectivity index (χ0v) is 14.3. The lowest BCUT2D eigenvalue weighted by atomic mass is 10.0. The van der Waals surface area contributed by atoms with Crippen molar-refractivity contribution in [2.24, 2.45) is 0 Å². The highest BCUT2D eigenvalue weighted by Crippen LogP contribution is 2.42. The molecule has 0 bridgehead atoms. The zero-order chi connectivity index (χ0) is 17.3. The fourth-order valence-electron chi connectivity index (χ4n) is 3.12. The summed E-state index contributed by atoms with van der Waals surface area (Å²) >= 11 is 12.0. The normalized spacial score (nSPS) is 36.6. The Morgan fingerprint density at radius 2 is 1.96 bits per heavy atom. The van der Waals surface area contributed by atoms with Crippen LogP contribution in [-0.2, 0) is 10.6 Å². The Morgan fingerprint density at radius 3 is 2.62 bits per heavy atom. The van der Waals surface area contributed by atoms with E-state index >= 15 is 0 Å². The van der Waals surface area contributed by atoms with Gasteiger partial charge in [0.15, 0.2) is 11.8 Å². The maximum absolute atomic E-state index is 11.0. The molecule has 0 radical (unpaired) electrons. The lowest BCUT2D eigenvalue weighted by Gasteiger charge is -2.32. The largest absolute Gasteiger partial charge is 0.381 e. The van der Waals surface area contributed by atoms with Gasteiger partial charge in [-0.1, -0.05) is 23.2 Å². The molecule has 2 aromatic rings. The van der Waals surface area contributed by atoms with Crippen LogP contribution in [0, 0.1) is 0 Å². The molecule has 1 aromatic carbocycles. The SMILES string of the molecule is C[C@@H]1O[C@@](O)(n2cnc3cc(Cl)c(Cl)cc32)[C@@H](O)[C@]1(O)NC1CC1. The summed E-state index contributed by atoms with van der Waals surface area (Å²) in [4.78, 5) is 4.16. The summed E-state index contributed by atoms with van der Waals surface area (Å²) in [5.74, 6) is -2.19. The van der Waals surface area contributed by atoms with Crippen molar-refractivity contribution in [3.63, 3.8) is 0 Å². The van der Waals surface area contributed by atoms with Gasteiger partial charge in [-0.3, -0.25) is 9.88 Å². The molecule has 1 aromatic heterocycles. The standard InChI is InChI=1S/C15H17Cl2N3O4/c1-7-14(22,19-8-2-3-8)13(21)15(23,24-7)20-6-18-11-4-9(16)10(17)5-12(11)20/h4-8,13,19,21-23H,2-3H2,1H3/t7-,13-,14-,15+/m0/s1. The number of imidazole rings is 1. The number of benzene rings is 1. The number of halogens is 2. The van der Waals surface area contributed by atoms with Crippen molar-refractivity contribution in [3.8, 4) is 0 Å². The summed E-state index contributed by atoms with van der Waals surface area (Å²) in [6.45, 7) is 1.58. The Balaban J connectivity index is 1.79. The van der Waals surface area contributed by atoms with Gasteiger partial charge in [-0.2, -0.15) is 0 Å². The zero-order valence-electron chi connectivity index (χ0n) is 12.8. The molecule has 4 rings (SSSR count). The molecule has 1 saturated heterocycles. The Morgan fingerprint density at radius 1 is 1.29 bits per heavy atom. The minimum absolute atomic E-state index is 0.103. The van der Waals surface area contributed by atoms with Crippen molar-refractivity contribution in [1.82, 2.24) is 14.9 Å². The van der Waals surface area contributed by atoms with E-state index in [1.54, 1.807) is 13.0 Å². The fraction of sp³-hybridized carbons (Fsp3) is 0.533. The summed E-state index contributed by atoms with van der Waals surface area (Å²) in [5.41, 5.74) is -0.872. The number of aliphatic hydroxyl groups excluding tert-OH is 1. The van der Waals surface area contributed by atoms with E-state index in [1.807, 2.05) is 0 Å². The van der Waals surface area contributed by atoms with Gasteiger partial charge in [0.05, 0.1) is 21.1 Å². The Bertz CT molecular complexity index is 811. The first kappa shape index (κ1) is 16.5. The summed E-state index contributed by atoms with van der Waals surface area (Å²) in [5, 5.41) is 36.0. The van der Waals surface area contributed by atoms with Crippen LogP contribution in [-0.4, -0.2) is 48.8 Å². The summed E-state index contributed by atoms with van der Waals surface area (Å²) in [6, 6.07) is 3.18. The van der Waals surface area contributed by atoms with Crippen molar-refractivity contribution >= 4 is 34.2 Å². The monoisotopic (exact) mass is 373 g/mol. The summed E-state index contributed by atoms with van der Waals surface area (Å²) in [6.07, 6.45) is 0.645. The van der Waals surface area contributed by atoms with Gasteiger partial charge in [0.1, 0.15) is 12.4 Å². The molecule has 1 aliphatic carbocycles. The predicted octanol–water partition coefficient (Wildman–Crippen LogP) is 1.17. The van der Waals surface area contributed by atoms with Crippen LogP contribution in [0.2, 0.25) is 10.0 Å². The van der Waals surface area contributed by atoms with Crippen LogP contribution in [0.3, 0.4) is 0 Å². The van der Waals surface area contributed by atoms with Gasteiger partial charge in [-0.15, -0.1) is 0 Å². The molecule has 2 aliphatic rings. The van der Waals surface area contributed by atoms with E-state index in [9.17, 15) is 15.3 Å². The maximum atomic E-state index is 11.0. The van der Waals surface area contributed by atoms with Gasteiger partial charge in [0.25, 0.3) is 5.91 Å². The molecule has 0 amide bonds. The number of nitrogens with zero attached hydrogens (tertiary/aromatic N) is 2. The number of nitrogens with one attached hydrogen (secondary N) is 1. The van der Waals surface area contributed by atoms with E-state index < -0.39 is 23.8 Å². The first-order chi connectivity index (χ1) is 11.3. The second-order valence-electron chi connectivity index (χ2n) is 6.43. The molecular weight excluding hydrogens is 357 g/mol. The number of hydrogen-bond donors (Lipinski definition) is 4. The van der Waals surface area contributed by atoms with E-state index in [-0.39, 0.29) is 11.1 Å². The molecule has 2 heterocycles. The van der Waals surface area contributed by atoms with Gasteiger partial charge in [0.2, 0.25) is 0 Å². The molecule has 4 atom stereocenters. The number of aliphatic hydroxyl groups is 3. The average molecular weight is 374 g/mol. The van der Waals surface area contributed by atoms with E-state index in [4.69, 9.17) is 27.9 Å². The van der Waals surface area contributed by atoms with Crippen molar-refractivity contribution < 1.29 is 20.1 Å². The first-order valence-corrected chi connectivity index (χ1v) is 8.42. The minimum atomic E-state index is -2.19. The van der Waals surface area contributed by atoms with Crippen LogP contribution >= 0.6 is 23.2 Å². The number of fused-ring (bicyclic) bond motifs is 1. The molecule has 130 valence electrons.